The van der Waals surface area contributed by atoms with E-state index < -0.39 is 22.3 Å². The highest BCUT2D eigenvalue weighted by Crippen LogP contribution is 2.27. The number of amides is 1. The summed E-state index contributed by atoms with van der Waals surface area (Å²) in [5.74, 6) is 0.0137. The lowest BCUT2D eigenvalue weighted by Crippen LogP contribution is -2.24. The third-order valence-electron chi connectivity index (χ3n) is 4.07. The predicted octanol–water partition coefficient (Wildman–Crippen LogP) is 3.34. The maximum absolute atomic E-state index is 11.8. The van der Waals surface area contributed by atoms with Gasteiger partial charge >= 0.3 is 5.69 Å². The minimum atomic E-state index is -0.703. The summed E-state index contributed by atoms with van der Waals surface area (Å²) < 4.78 is 5.39. The topological polar surface area (TPSA) is 114 Å². The minimum absolute atomic E-state index is 0.117. The fraction of sp³-hybridized carbons (Fsp3) is 0.263. The number of nitrogens with one attached hydrogen (secondary N) is 1. The summed E-state index contributed by atoms with van der Waals surface area (Å²) in [4.78, 5) is 21.8. The highest BCUT2D eigenvalue weighted by atomic mass is 16.6. The van der Waals surface area contributed by atoms with E-state index in [1.807, 2.05) is 12.1 Å². The number of hydrogen-bond donors (Lipinski definition) is 2. The van der Waals surface area contributed by atoms with Crippen molar-refractivity contribution in [3.8, 4) is 11.5 Å². The van der Waals surface area contributed by atoms with E-state index in [0.717, 1.165) is 12.6 Å². The van der Waals surface area contributed by atoms with Gasteiger partial charge in [-0.25, -0.2) is 5.43 Å². The van der Waals surface area contributed by atoms with Crippen LogP contribution in [0.15, 0.2) is 47.6 Å². The van der Waals surface area contributed by atoms with Gasteiger partial charge in [-0.2, -0.15) is 5.10 Å². The van der Waals surface area contributed by atoms with Gasteiger partial charge in [-0.3, -0.25) is 14.9 Å². The van der Waals surface area contributed by atoms with Crippen molar-refractivity contribution in [3.63, 3.8) is 0 Å². The second-order valence-electron chi connectivity index (χ2n) is 5.93. The number of benzene rings is 2. The number of nitrogens with zero attached hydrogens (tertiary/aromatic N) is 2. The Bertz CT molecular complexity index is 834. The molecule has 0 bridgehead atoms. The van der Waals surface area contributed by atoms with Crippen LogP contribution in [0.1, 0.15) is 37.3 Å². The number of hydrogen-bond acceptors (Lipinski definition) is 6. The van der Waals surface area contributed by atoms with Gasteiger partial charge in [0.05, 0.1) is 11.1 Å². The van der Waals surface area contributed by atoms with Crippen LogP contribution in [0, 0.1) is 10.1 Å². The summed E-state index contributed by atoms with van der Waals surface area (Å²) in [5, 5.41) is 24.2. The fourth-order valence-electron chi connectivity index (χ4n) is 2.28. The zero-order valence-corrected chi connectivity index (χ0v) is 15.1. The second-order valence-corrected chi connectivity index (χ2v) is 5.93. The lowest BCUT2D eigenvalue weighted by molar-refractivity contribution is -0.385. The van der Waals surface area contributed by atoms with E-state index in [1.54, 1.807) is 12.1 Å². The van der Waals surface area contributed by atoms with Crippen LogP contribution >= 0.6 is 0 Å². The minimum Gasteiger partial charge on any atom is -0.502 e. The Labute approximate surface area is 156 Å². The summed E-state index contributed by atoms with van der Waals surface area (Å²) in [6.45, 7) is 4.02. The standard InChI is InChI=1S/C19H21N3O5/c1-3-13(2)14-7-9-16(10-8-14)27-12-18(23)21-20-11-15-5-4-6-17(19(15)24)22(25)26/h4-11,13,24H,3,12H2,1-2H3,(H,21,23)/b20-11+/t13-/m1/s1. The molecule has 2 rings (SSSR count). The molecule has 0 heterocycles. The van der Waals surface area contributed by atoms with Crippen molar-refractivity contribution in [2.75, 3.05) is 6.61 Å². The van der Waals surface area contributed by atoms with E-state index in [-0.39, 0.29) is 12.2 Å². The van der Waals surface area contributed by atoms with Crippen LogP contribution in [-0.2, 0) is 4.79 Å². The Balaban J connectivity index is 1.87. The Morgan fingerprint density at radius 2 is 2.04 bits per heavy atom. The number of para-hydroxylation sites is 1. The SMILES string of the molecule is CC[C@@H](C)c1ccc(OCC(=O)N/N=C/c2cccc([N+](=O)[O-])c2O)cc1. The molecule has 0 unspecified atom stereocenters. The van der Waals surface area contributed by atoms with Gasteiger partial charge in [-0.05, 0) is 36.1 Å². The van der Waals surface area contributed by atoms with E-state index >= 15 is 0 Å². The molecular weight excluding hydrogens is 350 g/mol. The number of nitro groups is 1. The molecule has 0 aromatic heterocycles. The van der Waals surface area contributed by atoms with Crippen LogP contribution in [-0.4, -0.2) is 28.8 Å². The Morgan fingerprint density at radius 1 is 1.33 bits per heavy atom. The molecule has 27 heavy (non-hydrogen) atoms. The number of carbonyl (C=O) groups excluding carboxylic acids is 1. The predicted molar refractivity (Wildman–Crippen MR) is 101 cm³/mol. The first-order valence-electron chi connectivity index (χ1n) is 8.43. The molecule has 2 aromatic rings. The fourth-order valence-corrected chi connectivity index (χ4v) is 2.28. The van der Waals surface area contributed by atoms with Crippen molar-refractivity contribution in [3.05, 3.63) is 63.7 Å². The molecule has 0 saturated heterocycles. The number of phenolic OH excluding ortho intramolecular Hbond substituents is 1. The number of phenols is 1. The van der Waals surface area contributed by atoms with Crippen LogP contribution in [0.4, 0.5) is 5.69 Å². The van der Waals surface area contributed by atoms with Crippen molar-refractivity contribution in [1.29, 1.82) is 0 Å². The average molecular weight is 371 g/mol. The number of nitro benzene ring substituents is 1. The van der Waals surface area contributed by atoms with Crippen molar-refractivity contribution in [1.82, 2.24) is 5.43 Å². The van der Waals surface area contributed by atoms with E-state index in [0.29, 0.717) is 11.7 Å². The summed E-state index contributed by atoms with van der Waals surface area (Å²) in [5.41, 5.74) is 3.13. The number of ether oxygens (including phenoxy) is 1. The molecule has 0 aliphatic carbocycles. The van der Waals surface area contributed by atoms with Gasteiger partial charge in [-0.15, -0.1) is 0 Å². The molecule has 1 atom stereocenters. The number of carbonyl (C=O) groups is 1. The molecule has 1 amide bonds. The van der Waals surface area contributed by atoms with Crippen LogP contribution in [0.5, 0.6) is 11.5 Å². The van der Waals surface area contributed by atoms with Crippen molar-refractivity contribution in [2.45, 2.75) is 26.2 Å². The molecule has 142 valence electrons. The smallest absolute Gasteiger partial charge is 0.311 e. The molecule has 2 N–H and O–H groups in total. The normalized spacial score (nSPS) is 11.9. The first-order chi connectivity index (χ1) is 12.9. The van der Waals surface area contributed by atoms with E-state index in [2.05, 4.69) is 24.4 Å². The maximum Gasteiger partial charge on any atom is 0.311 e. The lowest BCUT2D eigenvalue weighted by Gasteiger charge is -2.10. The molecule has 0 radical (unpaired) electrons. The zero-order chi connectivity index (χ0) is 19.8. The van der Waals surface area contributed by atoms with Crippen molar-refractivity contribution in [2.24, 2.45) is 5.10 Å². The van der Waals surface area contributed by atoms with Gasteiger partial charge in [0.25, 0.3) is 5.91 Å². The third-order valence-corrected chi connectivity index (χ3v) is 4.07. The highest BCUT2D eigenvalue weighted by Gasteiger charge is 2.15. The van der Waals surface area contributed by atoms with Gasteiger partial charge in [0.1, 0.15) is 5.75 Å². The summed E-state index contributed by atoms with van der Waals surface area (Å²) in [6.07, 6.45) is 2.17. The van der Waals surface area contributed by atoms with E-state index in [4.69, 9.17) is 4.74 Å². The molecule has 0 saturated carbocycles. The molecule has 8 nitrogen and oxygen atoms in total. The average Bonchev–Trinajstić information content (AvgIpc) is 2.67. The summed E-state index contributed by atoms with van der Waals surface area (Å²) >= 11 is 0. The Morgan fingerprint density at radius 3 is 2.67 bits per heavy atom. The Hall–Kier alpha value is -3.42. The highest BCUT2D eigenvalue weighted by molar-refractivity contribution is 5.87. The lowest BCUT2D eigenvalue weighted by atomic mass is 9.99. The van der Waals surface area contributed by atoms with Gasteiger partial charge in [-0.1, -0.05) is 32.0 Å². The molecule has 0 aliphatic heterocycles. The molecule has 0 fully saturated rings. The zero-order valence-electron chi connectivity index (χ0n) is 15.1. The first-order valence-corrected chi connectivity index (χ1v) is 8.43. The summed E-state index contributed by atoms with van der Waals surface area (Å²) in [7, 11) is 0. The van der Waals surface area contributed by atoms with E-state index in [9.17, 15) is 20.0 Å². The number of hydrazone groups is 1. The van der Waals surface area contributed by atoms with Gasteiger partial charge in [0.2, 0.25) is 5.75 Å². The molecule has 2 aromatic carbocycles. The second kappa shape index (κ2) is 9.33. The molecule has 0 aliphatic rings. The molecule has 0 spiro atoms. The van der Waals surface area contributed by atoms with Crippen LogP contribution in [0.2, 0.25) is 0 Å². The first kappa shape index (κ1) is 19.9. The van der Waals surface area contributed by atoms with Gasteiger partial charge in [0.15, 0.2) is 6.61 Å². The van der Waals surface area contributed by atoms with Crippen LogP contribution in [0.3, 0.4) is 0 Å². The Kier molecular flexibility index (Phi) is 6.87. The van der Waals surface area contributed by atoms with Gasteiger partial charge in [0, 0.05) is 11.6 Å². The van der Waals surface area contributed by atoms with Crippen molar-refractivity contribution >= 4 is 17.8 Å². The van der Waals surface area contributed by atoms with Crippen LogP contribution < -0.4 is 10.2 Å². The van der Waals surface area contributed by atoms with Crippen LogP contribution in [0.25, 0.3) is 0 Å². The molecule has 8 heteroatoms. The maximum atomic E-state index is 11.8. The number of aromatic hydroxyl groups is 1. The molecular formula is C19H21N3O5. The largest absolute Gasteiger partial charge is 0.502 e. The van der Waals surface area contributed by atoms with Crippen molar-refractivity contribution < 1.29 is 19.6 Å². The van der Waals surface area contributed by atoms with Gasteiger partial charge < -0.3 is 9.84 Å². The quantitative estimate of drug-likeness (QED) is 0.420. The third kappa shape index (κ3) is 5.53. The van der Waals surface area contributed by atoms with E-state index in [1.165, 1.54) is 23.8 Å². The summed E-state index contributed by atoms with van der Waals surface area (Å²) in [6, 6.07) is 11.6. The number of rotatable bonds is 8. The monoisotopic (exact) mass is 371 g/mol.